The average Bonchev–Trinajstić information content (AvgIpc) is 2.73. The van der Waals surface area contributed by atoms with Gasteiger partial charge in [-0.2, -0.15) is 8.42 Å². The smallest absolute Gasteiger partial charge is 0.271 e. The van der Waals surface area contributed by atoms with E-state index in [9.17, 15) is 13.2 Å². The highest BCUT2D eigenvalue weighted by Gasteiger charge is 2.27. The third kappa shape index (κ3) is 5.25. The Morgan fingerprint density at radius 3 is 2.38 bits per heavy atom. The maximum absolute atomic E-state index is 13.2. The van der Waals surface area contributed by atoms with Crippen LogP contribution in [-0.2, 0) is 32.9 Å². The lowest BCUT2D eigenvalue weighted by molar-refractivity contribution is 0.0872. The minimum Gasteiger partial charge on any atom is -0.496 e. The fourth-order valence-electron chi connectivity index (χ4n) is 3.86. The van der Waals surface area contributed by atoms with Crippen LogP contribution in [0, 0.1) is 5.92 Å². The molecular formula is C23H28O5S. The molecule has 2 aromatic rings. The van der Waals surface area contributed by atoms with Gasteiger partial charge in [-0.05, 0) is 60.9 Å². The summed E-state index contributed by atoms with van der Waals surface area (Å²) in [4.78, 5) is 13.2. The lowest BCUT2D eigenvalue weighted by Gasteiger charge is -2.23. The number of Topliss-reactive ketones (excluding diaryl/α,β-unsaturated/α-hetero) is 1. The molecule has 1 aliphatic carbocycles. The van der Waals surface area contributed by atoms with Crippen LogP contribution < -0.4 is 4.74 Å². The second-order valence-corrected chi connectivity index (χ2v) is 9.06. The summed E-state index contributed by atoms with van der Waals surface area (Å²) in [5, 5.41) is 0. The third-order valence-corrected chi connectivity index (χ3v) is 6.66. The number of ketones is 1. The number of ether oxygens (including phenoxy) is 1. The van der Waals surface area contributed by atoms with E-state index in [0.717, 1.165) is 42.6 Å². The number of benzene rings is 2. The molecule has 0 aromatic heterocycles. The quantitative estimate of drug-likeness (QED) is 0.449. The minimum atomic E-state index is -3.76. The first-order valence-corrected chi connectivity index (χ1v) is 11.7. The van der Waals surface area contributed by atoms with Crippen molar-refractivity contribution in [1.82, 2.24) is 0 Å². The van der Waals surface area contributed by atoms with Gasteiger partial charge >= 0.3 is 0 Å². The van der Waals surface area contributed by atoms with Crippen LogP contribution >= 0.6 is 0 Å². The van der Waals surface area contributed by atoms with E-state index in [2.05, 4.69) is 0 Å². The highest BCUT2D eigenvalue weighted by atomic mass is 32.2. The molecule has 0 spiro atoms. The molecule has 0 aliphatic heterocycles. The standard InChI is InChI=1S/C23H28O5S/c1-3-18(15-28-29(25,26)16-17-9-5-4-6-10-17)23(24)21-13-14-22(27-2)20-12-8-7-11-19(20)21/h4-6,9-10,13-14,18H,3,7-8,11-12,15-16H2,1-2H3. The summed E-state index contributed by atoms with van der Waals surface area (Å²) in [6.07, 6.45) is 4.38. The zero-order valence-electron chi connectivity index (χ0n) is 17.0. The Balaban J connectivity index is 1.74. The molecule has 0 N–H and O–H groups in total. The van der Waals surface area contributed by atoms with Gasteiger partial charge in [0.15, 0.2) is 5.78 Å². The van der Waals surface area contributed by atoms with E-state index >= 15 is 0 Å². The molecule has 0 radical (unpaired) electrons. The van der Waals surface area contributed by atoms with E-state index in [4.69, 9.17) is 8.92 Å². The maximum Gasteiger partial charge on any atom is 0.271 e. The molecule has 1 unspecified atom stereocenters. The highest BCUT2D eigenvalue weighted by Crippen LogP contribution is 2.33. The molecule has 5 nitrogen and oxygen atoms in total. The molecule has 1 atom stereocenters. The lowest BCUT2D eigenvalue weighted by atomic mass is 9.83. The van der Waals surface area contributed by atoms with Gasteiger partial charge in [0, 0.05) is 11.5 Å². The van der Waals surface area contributed by atoms with Gasteiger partial charge < -0.3 is 4.74 Å². The summed E-state index contributed by atoms with van der Waals surface area (Å²) in [5.41, 5.74) is 3.50. The largest absolute Gasteiger partial charge is 0.496 e. The summed E-state index contributed by atoms with van der Waals surface area (Å²) in [7, 11) is -2.11. The summed E-state index contributed by atoms with van der Waals surface area (Å²) in [6.45, 7) is 1.75. The molecule has 0 fully saturated rings. The second-order valence-electron chi connectivity index (χ2n) is 7.42. The molecule has 0 amide bonds. The average molecular weight is 417 g/mol. The van der Waals surface area contributed by atoms with Gasteiger partial charge in [-0.3, -0.25) is 8.98 Å². The van der Waals surface area contributed by atoms with Gasteiger partial charge in [0.2, 0.25) is 0 Å². The first-order chi connectivity index (χ1) is 13.9. The van der Waals surface area contributed by atoms with Crippen LogP contribution in [-0.4, -0.2) is 27.9 Å². The molecule has 0 saturated heterocycles. The normalized spacial score (nSPS) is 14.8. The SMILES string of the molecule is CCC(COS(=O)(=O)Cc1ccccc1)C(=O)c1ccc(OC)c2c1CCCC2. The minimum absolute atomic E-state index is 0.0526. The molecular weight excluding hydrogens is 388 g/mol. The van der Waals surface area contributed by atoms with Crippen LogP contribution in [0.3, 0.4) is 0 Å². The van der Waals surface area contributed by atoms with Crippen molar-refractivity contribution in [3.63, 3.8) is 0 Å². The van der Waals surface area contributed by atoms with Gasteiger partial charge in [0.1, 0.15) is 11.5 Å². The van der Waals surface area contributed by atoms with Crippen molar-refractivity contribution in [1.29, 1.82) is 0 Å². The molecule has 3 rings (SSSR count). The topological polar surface area (TPSA) is 69.7 Å². The van der Waals surface area contributed by atoms with Crippen molar-refractivity contribution < 1.29 is 22.1 Å². The van der Waals surface area contributed by atoms with Crippen molar-refractivity contribution in [2.75, 3.05) is 13.7 Å². The van der Waals surface area contributed by atoms with Crippen molar-refractivity contribution >= 4 is 15.9 Å². The summed E-state index contributed by atoms with van der Waals surface area (Å²) in [5.74, 6) is 0.0744. The van der Waals surface area contributed by atoms with Crippen LogP contribution in [0.15, 0.2) is 42.5 Å². The zero-order chi connectivity index (χ0) is 20.9. The number of methoxy groups -OCH3 is 1. The Kier molecular flexibility index (Phi) is 7.09. The van der Waals surface area contributed by atoms with Crippen molar-refractivity contribution in [3.05, 3.63) is 64.7 Å². The number of hydrogen-bond acceptors (Lipinski definition) is 5. The van der Waals surface area contributed by atoms with E-state index in [1.165, 1.54) is 0 Å². The monoisotopic (exact) mass is 416 g/mol. The number of carbonyl (C=O) groups is 1. The Hall–Kier alpha value is -2.18. The first-order valence-electron chi connectivity index (χ1n) is 10.1. The fraction of sp³-hybridized carbons (Fsp3) is 0.435. The molecule has 0 saturated carbocycles. The first kappa shape index (κ1) is 21.5. The van der Waals surface area contributed by atoms with Crippen LogP contribution in [0.5, 0.6) is 5.75 Å². The van der Waals surface area contributed by atoms with E-state index in [1.54, 1.807) is 31.4 Å². The van der Waals surface area contributed by atoms with Crippen molar-refractivity contribution in [3.8, 4) is 5.75 Å². The zero-order valence-corrected chi connectivity index (χ0v) is 17.8. The molecule has 29 heavy (non-hydrogen) atoms. The van der Waals surface area contributed by atoms with Crippen molar-refractivity contribution in [2.24, 2.45) is 5.92 Å². The van der Waals surface area contributed by atoms with Crippen LogP contribution in [0.1, 0.15) is 53.2 Å². The lowest BCUT2D eigenvalue weighted by Crippen LogP contribution is -2.24. The van der Waals surface area contributed by atoms with Crippen LogP contribution in [0.2, 0.25) is 0 Å². The van der Waals surface area contributed by atoms with Gasteiger partial charge in [-0.15, -0.1) is 0 Å². The molecule has 1 aliphatic rings. The van der Waals surface area contributed by atoms with E-state index in [0.29, 0.717) is 17.5 Å². The van der Waals surface area contributed by atoms with Gasteiger partial charge in [0.05, 0.1) is 13.7 Å². The molecule has 0 heterocycles. The van der Waals surface area contributed by atoms with Crippen LogP contribution in [0.4, 0.5) is 0 Å². The van der Waals surface area contributed by atoms with Crippen LogP contribution in [0.25, 0.3) is 0 Å². The third-order valence-electron chi connectivity index (χ3n) is 5.48. The molecule has 156 valence electrons. The number of fused-ring (bicyclic) bond motifs is 1. The van der Waals surface area contributed by atoms with E-state index in [-0.39, 0.29) is 18.1 Å². The number of carbonyl (C=O) groups excluding carboxylic acids is 1. The van der Waals surface area contributed by atoms with Gasteiger partial charge in [-0.1, -0.05) is 37.3 Å². The summed E-state index contributed by atoms with van der Waals surface area (Å²) >= 11 is 0. The number of rotatable bonds is 9. The number of hydrogen-bond donors (Lipinski definition) is 0. The molecule has 0 bridgehead atoms. The van der Waals surface area contributed by atoms with E-state index < -0.39 is 16.0 Å². The van der Waals surface area contributed by atoms with Gasteiger partial charge in [0.25, 0.3) is 10.1 Å². The Bertz CT molecular complexity index is 951. The fourth-order valence-corrected chi connectivity index (χ4v) is 4.92. The molecule has 6 heteroatoms. The van der Waals surface area contributed by atoms with Gasteiger partial charge in [-0.25, -0.2) is 0 Å². The van der Waals surface area contributed by atoms with Crippen molar-refractivity contribution in [2.45, 2.75) is 44.8 Å². The molecule has 2 aromatic carbocycles. The Morgan fingerprint density at radius 1 is 1.03 bits per heavy atom. The summed E-state index contributed by atoms with van der Waals surface area (Å²) < 4.78 is 35.4. The predicted octanol–water partition coefficient (Wildman–Crippen LogP) is 4.33. The second kappa shape index (κ2) is 9.55. The Labute approximate surface area is 173 Å². The predicted molar refractivity (Wildman–Crippen MR) is 113 cm³/mol. The maximum atomic E-state index is 13.2. The summed E-state index contributed by atoms with van der Waals surface area (Å²) in [6, 6.07) is 12.5. The highest BCUT2D eigenvalue weighted by molar-refractivity contribution is 7.85. The Morgan fingerprint density at radius 2 is 1.72 bits per heavy atom. The van der Waals surface area contributed by atoms with E-state index in [1.807, 2.05) is 25.1 Å².